The minimum Gasteiger partial charge on any atom is -0.508 e. The van der Waals surface area contributed by atoms with Gasteiger partial charge in [0.05, 0.1) is 0 Å². The van der Waals surface area contributed by atoms with Crippen molar-refractivity contribution in [1.29, 1.82) is 0 Å². The first-order chi connectivity index (χ1) is 6.10. The molecule has 1 aliphatic rings. The van der Waals surface area contributed by atoms with Crippen LogP contribution in [0.25, 0.3) is 0 Å². The molecular weight excluding hydrogens is 166 g/mol. The summed E-state index contributed by atoms with van der Waals surface area (Å²) in [6.45, 7) is 0. The van der Waals surface area contributed by atoms with Crippen LogP contribution < -0.4 is 5.73 Å². The molecular formula is C10H13NO2. The second-order valence-corrected chi connectivity index (χ2v) is 3.75. The van der Waals surface area contributed by atoms with Crippen molar-refractivity contribution in [3.05, 3.63) is 23.8 Å². The van der Waals surface area contributed by atoms with E-state index in [4.69, 9.17) is 5.73 Å². The molecule has 0 unspecified atom stereocenters. The summed E-state index contributed by atoms with van der Waals surface area (Å²) in [5.41, 5.74) is 6.55. The molecule has 2 rings (SSSR count). The van der Waals surface area contributed by atoms with E-state index in [0.717, 1.165) is 24.8 Å². The van der Waals surface area contributed by atoms with Gasteiger partial charge in [0.15, 0.2) is 0 Å². The zero-order chi connectivity index (χ0) is 9.47. The predicted molar refractivity (Wildman–Crippen MR) is 49.5 cm³/mol. The molecule has 1 aliphatic carbocycles. The van der Waals surface area contributed by atoms with Gasteiger partial charge in [0.2, 0.25) is 0 Å². The van der Waals surface area contributed by atoms with Gasteiger partial charge in [-0.25, -0.2) is 0 Å². The standard InChI is InChI=1S/C10H13NO2/c11-10(2-1-3-10)7-4-8(12)6-9(13)5-7/h4-6,12-13H,1-3,11H2. The van der Waals surface area contributed by atoms with E-state index in [1.807, 2.05) is 0 Å². The molecule has 1 fully saturated rings. The van der Waals surface area contributed by atoms with Gasteiger partial charge < -0.3 is 15.9 Å². The van der Waals surface area contributed by atoms with Gasteiger partial charge in [-0.2, -0.15) is 0 Å². The Morgan fingerprint density at radius 3 is 2.00 bits per heavy atom. The van der Waals surface area contributed by atoms with Gasteiger partial charge in [0.1, 0.15) is 11.5 Å². The quantitative estimate of drug-likeness (QED) is 0.611. The molecule has 0 aromatic heterocycles. The number of benzene rings is 1. The van der Waals surface area contributed by atoms with E-state index >= 15 is 0 Å². The summed E-state index contributed by atoms with van der Waals surface area (Å²) in [7, 11) is 0. The van der Waals surface area contributed by atoms with E-state index < -0.39 is 0 Å². The molecule has 0 bridgehead atoms. The van der Waals surface area contributed by atoms with Gasteiger partial charge >= 0.3 is 0 Å². The van der Waals surface area contributed by atoms with Crippen LogP contribution in [-0.4, -0.2) is 10.2 Å². The smallest absolute Gasteiger partial charge is 0.119 e. The highest BCUT2D eigenvalue weighted by atomic mass is 16.3. The largest absolute Gasteiger partial charge is 0.508 e. The number of nitrogens with two attached hydrogens (primary N) is 1. The third-order valence-corrected chi connectivity index (χ3v) is 2.72. The van der Waals surface area contributed by atoms with Crippen LogP contribution in [0, 0.1) is 0 Å². The molecule has 0 aliphatic heterocycles. The van der Waals surface area contributed by atoms with E-state index in [-0.39, 0.29) is 17.0 Å². The Morgan fingerprint density at radius 1 is 1.08 bits per heavy atom. The Bertz CT molecular complexity index is 311. The average Bonchev–Trinajstić information content (AvgIpc) is 1.98. The summed E-state index contributed by atoms with van der Waals surface area (Å²) in [5, 5.41) is 18.5. The third-order valence-electron chi connectivity index (χ3n) is 2.72. The average molecular weight is 179 g/mol. The maximum Gasteiger partial charge on any atom is 0.119 e. The molecule has 1 saturated carbocycles. The lowest BCUT2D eigenvalue weighted by Gasteiger charge is -2.38. The zero-order valence-electron chi connectivity index (χ0n) is 7.33. The first kappa shape index (κ1) is 8.38. The van der Waals surface area contributed by atoms with Gasteiger partial charge in [-0.15, -0.1) is 0 Å². The van der Waals surface area contributed by atoms with Crippen molar-refractivity contribution in [1.82, 2.24) is 0 Å². The van der Waals surface area contributed by atoms with Crippen LogP contribution in [0.3, 0.4) is 0 Å². The molecule has 0 atom stereocenters. The Balaban J connectivity index is 2.39. The Morgan fingerprint density at radius 2 is 1.62 bits per heavy atom. The highest BCUT2D eigenvalue weighted by molar-refractivity contribution is 5.40. The number of phenols is 2. The van der Waals surface area contributed by atoms with Crippen molar-refractivity contribution in [2.75, 3.05) is 0 Å². The molecule has 4 N–H and O–H groups in total. The van der Waals surface area contributed by atoms with Gasteiger partial charge in [-0.05, 0) is 37.0 Å². The molecule has 1 aromatic carbocycles. The fourth-order valence-corrected chi connectivity index (χ4v) is 1.73. The molecule has 0 heterocycles. The fraction of sp³-hybridized carbons (Fsp3) is 0.400. The van der Waals surface area contributed by atoms with Crippen LogP contribution in [0.1, 0.15) is 24.8 Å². The van der Waals surface area contributed by atoms with Crippen molar-refractivity contribution in [3.8, 4) is 11.5 Å². The second kappa shape index (κ2) is 2.64. The van der Waals surface area contributed by atoms with Crippen LogP contribution in [0.5, 0.6) is 11.5 Å². The van der Waals surface area contributed by atoms with Crippen LogP contribution in [0.4, 0.5) is 0 Å². The molecule has 1 aromatic rings. The summed E-state index contributed by atoms with van der Waals surface area (Å²) in [4.78, 5) is 0. The molecule has 3 heteroatoms. The van der Waals surface area contributed by atoms with Gasteiger partial charge in [0.25, 0.3) is 0 Å². The second-order valence-electron chi connectivity index (χ2n) is 3.75. The molecule has 0 saturated heterocycles. The maximum atomic E-state index is 9.26. The van der Waals surface area contributed by atoms with Gasteiger partial charge in [-0.3, -0.25) is 0 Å². The minimum absolute atomic E-state index is 0.0757. The van der Waals surface area contributed by atoms with Crippen molar-refractivity contribution >= 4 is 0 Å². The van der Waals surface area contributed by atoms with Gasteiger partial charge in [-0.1, -0.05) is 0 Å². The molecule has 0 spiro atoms. The maximum absolute atomic E-state index is 9.26. The first-order valence-electron chi connectivity index (χ1n) is 4.43. The number of hydrogen-bond acceptors (Lipinski definition) is 3. The fourth-order valence-electron chi connectivity index (χ4n) is 1.73. The lowest BCUT2D eigenvalue weighted by Crippen LogP contribution is -2.43. The lowest BCUT2D eigenvalue weighted by molar-refractivity contribution is 0.252. The number of rotatable bonds is 1. The summed E-state index contributed by atoms with van der Waals surface area (Å²) in [6, 6.07) is 4.56. The highest BCUT2D eigenvalue weighted by Crippen LogP contribution is 2.40. The van der Waals surface area contributed by atoms with Crippen molar-refractivity contribution < 1.29 is 10.2 Å². The van der Waals surface area contributed by atoms with Crippen LogP contribution >= 0.6 is 0 Å². The summed E-state index contributed by atoms with van der Waals surface area (Å²) in [5.74, 6) is 0.151. The van der Waals surface area contributed by atoms with Crippen molar-refractivity contribution in [2.45, 2.75) is 24.8 Å². The Kier molecular flexibility index (Phi) is 1.70. The first-order valence-corrected chi connectivity index (χ1v) is 4.43. The van der Waals surface area contributed by atoms with E-state index in [1.54, 1.807) is 12.1 Å². The molecule has 3 nitrogen and oxygen atoms in total. The van der Waals surface area contributed by atoms with E-state index in [1.165, 1.54) is 6.07 Å². The van der Waals surface area contributed by atoms with E-state index in [0.29, 0.717) is 0 Å². The monoisotopic (exact) mass is 179 g/mol. The number of hydrogen-bond donors (Lipinski definition) is 3. The van der Waals surface area contributed by atoms with Crippen molar-refractivity contribution in [2.24, 2.45) is 5.73 Å². The summed E-state index contributed by atoms with van der Waals surface area (Å²) >= 11 is 0. The molecule has 13 heavy (non-hydrogen) atoms. The SMILES string of the molecule is NC1(c2cc(O)cc(O)c2)CCC1. The van der Waals surface area contributed by atoms with E-state index in [9.17, 15) is 10.2 Å². The summed E-state index contributed by atoms with van der Waals surface area (Å²) < 4.78 is 0. The third kappa shape index (κ3) is 1.35. The normalized spacial score (nSPS) is 19.5. The molecule has 70 valence electrons. The molecule has 0 amide bonds. The van der Waals surface area contributed by atoms with Crippen molar-refractivity contribution in [3.63, 3.8) is 0 Å². The van der Waals surface area contributed by atoms with Crippen LogP contribution in [0.2, 0.25) is 0 Å². The zero-order valence-corrected chi connectivity index (χ0v) is 7.33. The van der Waals surface area contributed by atoms with Gasteiger partial charge in [0, 0.05) is 11.6 Å². The Hall–Kier alpha value is -1.22. The van der Waals surface area contributed by atoms with Crippen LogP contribution in [0.15, 0.2) is 18.2 Å². The number of aromatic hydroxyl groups is 2. The highest BCUT2D eigenvalue weighted by Gasteiger charge is 2.34. The Labute approximate surface area is 76.8 Å². The van der Waals surface area contributed by atoms with E-state index in [2.05, 4.69) is 0 Å². The lowest BCUT2D eigenvalue weighted by atomic mass is 9.73. The topological polar surface area (TPSA) is 66.5 Å². The summed E-state index contributed by atoms with van der Waals surface area (Å²) in [6.07, 6.45) is 2.97. The number of phenolic OH excluding ortho intramolecular Hbond substituents is 2. The molecule has 0 radical (unpaired) electrons. The predicted octanol–water partition coefficient (Wildman–Crippen LogP) is 1.44. The van der Waals surface area contributed by atoms with Crippen LogP contribution in [-0.2, 0) is 5.54 Å². The minimum atomic E-state index is -0.323.